The number of hydrogen-bond donors (Lipinski definition) is 1. The molecule has 6 heteroatoms. The molecule has 3 rings (SSSR count). The number of anilines is 2. The zero-order valence-electron chi connectivity index (χ0n) is 13.7. The van der Waals surface area contributed by atoms with Gasteiger partial charge in [-0.25, -0.2) is 9.97 Å². The standard InChI is InChI=1S/C19H16N3O3/c1-3-13-5-4-6-14(9-13)22-19-15-10-17(23)18(25-8-7-24-2)11-16(15)20-12-21-19/h1,4-6,9-12H,7-8H2,2H3,(H,20,21,22). The van der Waals surface area contributed by atoms with Crippen LogP contribution in [0.1, 0.15) is 5.56 Å². The second-order valence-electron chi connectivity index (χ2n) is 5.23. The van der Waals surface area contributed by atoms with Crippen LogP contribution in [0.5, 0.6) is 11.5 Å². The molecule has 0 fully saturated rings. The van der Waals surface area contributed by atoms with Gasteiger partial charge in [0.1, 0.15) is 18.8 Å². The van der Waals surface area contributed by atoms with Crippen molar-refractivity contribution in [3.05, 3.63) is 48.3 Å². The molecule has 0 amide bonds. The Labute approximate surface area is 145 Å². The summed E-state index contributed by atoms with van der Waals surface area (Å²) in [5.41, 5.74) is 2.14. The van der Waals surface area contributed by atoms with Crippen molar-refractivity contribution in [3.63, 3.8) is 0 Å². The number of terminal acetylenes is 1. The highest BCUT2D eigenvalue weighted by atomic mass is 16.5. The van der Waals surface area contributed by atoms with Crippen molar-refractivity contribution in [2.75, 3.05) is 25.6 Å². The van der Waals surface area contributed by atoms with Crippen molar-refractivity contribution in [3.8, 4) is 23.8 Å². The molecule has 0 aliphatic rings. The summed E-state index contributed by atoms with van der Waals surface area (Å²) in [4.78, 5) is 8.44. The van der Waals surface area contributed by atoms with Gasteiger partial charge >= 0.3 is 0 Å². The van der Waals surface area contributed by atoms with Gasteiger partial charge in [0.15, 0.2) is 5.75 Å². The lowest BCUT2D eigenvalue weighted by molar-refractivity contribution is 0.143. The van der Waals surface area contributed by atoms with Gasteiger partial charge in [-0.3, -0.25) is 5.11 Å². The summed E-state index contributed by atoms with van der Waals surface area (Å²) in [5, 5.41) is 16.0. The van der Waals surface area contributed by atoms with Crippen molar-refractivity contribution in [1.29, 1.82) is 0 Å². The van der Waals surface area contributed by atoms with Gasteiger partial charge in [0, 0.05) is 35.9 Å². The Kier molecular flexibility index (Phi) is 4.97. The molecular weight excluding hydrogens is 318 g/mol. The highest BCUT2D eigenvalue weighted by Gasteiger charge is 2.12. The summed E-state index contributed by atoms with van der Waals surface area (Å²) < 4.78 is 10.4. The first kappa shape index (κ1) is 16.6. The first-order valence-corrected chi connectivity index (χ1v) is 7.62. The summed E-state index contributed by atoms with van der Waals surface area (Å²) in [6.45, 7) is 0.700. The van der Waals surface area contributed by atoms with Gasteiger partial charge in [0.05, 0.1) is 12.1 Å². The summed E-state index contributed by atoms with van der Waals surface area (Å²) in [6, 6.07) is 10.5. The Balaban J connectivity index is 1.93. The van der Waals surface area contributed by atoms with Gasteiger partial charge in [-0.2, -0.15) is 0 Å². The molecule has 0 bridgehead atoms. The highest BCUT2D eigenvalue weighted by Crippen LogP contribution is 2.34. The molecule has 1 N–H and O–H groups in total. The molecule has 0 aliphatic heterocycles. The normalized spacial score (nSPS) is 10.4. The van der Waals surface area contributed by atoms with Crippen LogP contribution in [0.15, 0.2) is 42.7 Å². The Morgan fingerprint density at radius 1 is 1.20 bits per heavy atom. The second kappa shape index (κ2) is 7.51. The lowest BCUT2D eigenvalue weighted by Gasteiger charge is -2.11. The maximum Gasteiger partial charge on any atom is 0.221 e. The molecule has 25 heavy (non-hydrogen) atoms. The Bertz CT molecular complexity index is 935. The molecule has 0 atom stereocenters. The van der Waals surface area contributed by atoms with E-state index in [1.807, 2.05) is 24.3 Å². The maximum atomic E-state index is 12.3. The van der Waals surface area contributed by atoms with Gasteiger partial charge in [-0.05, 0) is 18.2 Å². The molecule has 1 radical (unpaired) electrons. The van der Waals surface area contributed by atoms with Crippen molar-refractivity contribution in [2.45, 2.75) is 0 Å². The van der Waals surface area contributed by atoms with Crippen LogP contribution in [0, 0.1) is 12.3 Å². The number of methoxy groups -OCH3 is 1. The quantitative estimate of drug-likeness (QED) is 0.551. The van der Waals surface area contributed by atoms with Crippen molar-refractivity contribution >= 4 is 22.4 Å². The lowest BCUT2D eigenvalue weighted by atomic mass is 10.2. The van der Waals surface area contributed by atoms with Gasteiger partial charge in [-0.1, -0.05) is 12.0 Å². The van der Waals surface area contributed by atoms with Crippen molar-refractivity contribution in [1.82, 2.24) is 9.97 Å². The minimum atomic E-state index is -0.237. The molecule has 0 saturated heterocycles. The molecule has 1 heterocycles. The first-order chi connectivity index (χ1) is 12.2. The second-order valence-corrected chi connectivity index (χ2v) is 5.23. The Hall–Kier alpha value is -3.30. The van der Waals surface area contributed by atoms with E-state index in [0.717, 1.165) is 11.3 Å². The molecule has 3 aromatic rings. The van der Waals surface area contributed by atoms with E-state index in [4.69, 9.17) is 15.9 Å². The van der Waals surface area contributed by atoms with E-state index in [2.05, 4.69) is 21.2 Å². The van der Waals surface area contributed by atoms with Crippen LogP contribution in [-0.2, 0) is 9.84 Å². The third-order valence-electron chi connectivity index (χ3n) is 3.54. The predicted octanol–water partition coefficient (Wildman–Crippen LogP) is 3.52. The van der Waals surface area contributed by atoms with Crippen molar-refractivity contribution in [2.24, 2.45) is 0 Å². The number of hydrogen-bond acceptors (Lipinski definition) is 5. The monoisotopic (exact) mass is 334 g/mol. The van der Waals surface area contributed by atoms with E-state index < -0.39 is 0 Å². The highest BCUT2D eigenvalue weighted by molar-refractivity contribution is 5.92. The molecule has 1 aromatic heterocycles. The molecule has 2 aromatic carbocycles. The number of nitrogens with one attached hydrogen (secondary N) is 1. The zero-order valence-corrected chi connectivity index (χ0v) is 13.7. The fraction of sp³-hybridized carbons (Fsp3) is 0.158. The third-order valence-corrected chi connectivity index (χ3v) is 3.54. The van der Waals surface area contributed by atoms with Crippen LogP contribution < -0.4 is 10.1 Å². The SMILES string of the molecule is C#Cc1cccc(Nc2ncnc3cc(OCCOC)c([O])cc23)c1. The molecule has 125 valence electrons. The van der Waals surface area contributed by atoms with E-state index >= 15 is 0 Å². The molecule has 0 aliphatic carbocycles. The number of nitrogens with zero attached hydrogens (tertiary/aromatic N) is 2. The average Bonchev–Trinajstić information content (AvgIpc) is 2.63. The van der Waals surface area contributed by atoms with E-state index in [0.29, 0.717) is 29.9 Å². The van der Waals surface area contributed by atoms with Crippen LogP contribution >= 0.6 is 0 Å². The molecule has 6 nitrogen and oxygen atoms in total. The summed E-state index contributed by atoms with van der Waals surface area (Å²) in [6.07, 6.45) is 6.85. The summed E-state index contributed by atoms with van der Waals surface area (Å²) in [5.74, 6) is 3.11. The van der Waals surface area contributed by atoms with E-state index in [9.17, 15) is 5.11 Å². The van der Waals surface area contributed by atoms with Crippen LogP contribution in [0.3, 0.4) is 0 Å². The fourth-order valence-corrected chi connectivity index (χ4v) is 2.33. The molecule has 0 saturated carbocycles. The van der Waals surface area contributed by atoms with Crippen LogP contribution in [-0.4, -0.2) is 30.3 Å². The van der Waals surface area contributed by atoms with Gasteiger partial charge < -0.3 is 14.8 Å². The first-order valence-electron chi connectivity index (χ1n) is 7.62. The fourth-order valence-electron chi connectivity index (χ4n) is 2.33. The van der Waals surface area contributed by atoms with Gasteiger partial charge in [0.25, 0.3) is 0 Å². The number of fused-ring (bicyclic) bond motifs is 1. The largest absolute Gasteiger partial charge is 0.487 e. The molecule has 0 unspecified atom stereocenters. The Morgan fingerprint density at radius 2 is 2.08 bits per heavy atom. The minimum absolute atomic E-state index is 0.237. The maximum absolute atomic E-state index is 12.3. The topological polar surface area (TPSA) is 76.2 Å². The summed E-state index contributed by atoms with van der Waals surface area (Å²) in [7, 11) is 1.57. The number of benzene rings is 2. The van der Waals surface area contributed by atoms with Gasteiger partial charge in [-0.15, -0.1) is 6.42 Å². The Morgan fingerprint density at radius 3 is 2.88 bits per heavy atom. The number of aromatic nitrogens is 2. The number of rotatable bonds is 6. The zero-order chi connectivity index (χ0) is 17.6. The van der Waals surface area contributed by atoms with Crippen LogP contribution in [0.4, 0.5) is 11.5 Å². The number of ether oxygens (including phenoxy) is 2. The van der Waals surface area contributed by atoms with E-state index in [1.54, 1.807) is 13.2 Å². The van der Waals surface area contributed by atoms with Crippen LogP contribution in [0.25, 0.3) is 10.9 Å². The van der Waals surface area contributed by atoms with Crippen molar-refractivity contribution < 1.29 is 14.6 Å². The predicted molar refractivity (Wildman–Crippen MR) is 94.7 cm³/mol. The third kappa shape index (κ3) is 3.79. The summed E-state index contributed by atoms with van der Waals surface area (Å²) >= 11 is 0. The van der Waals surface area contributed by atoms with E-state index in [1.165, 1.54) is 12.4 Å². The molecular formula is C19H16N3O3. The van der Waals surface area contributed by atoms with Gasteiger partial charge in [0.2, 0.25) is 5.75 Å². The minimum Gasteiger partial charge on any atom is -0.487 e. The lowest BCUT2D eigenvalue weighted by Crippen LogP contribution is -2.04. The van der Waals surface area contributed by atoms with Crippen LogP contribution in [0.2, 0.25) is 0 Å². The molecule has 0 spiro atoms. The van der Waals surface area contributed by atoms with E-state index in [-0.39, 0.29) is 11.5 Å². The average molecular weight is 334 g/mol. The smallest absolute Gasteiger partial charge is 0.221 e.